The maximum absolute atomic E-state index is 10.3. The van der Waals surface area contributed by atoms with Gasteiger partial charge in [0.1, 0.15) is 0 Å². The Morgan fingerprint density at radius 3 is 1.21 bits per heavy atom. The molecule has 0 saturated carbocycles. The summed E-state index contributed by atoms with van der Waals surface area (Å²) in [4.78, 5) is 0. The van der Waals surface area contributed by atoms with Crippen LogP contribution < -0.4 is 0 Å². The van der Waals surface area contributed by atoms with Crippen molar-refractivity contribution in [3.05, 3.63) is 0 Å². The van der Waals surface area contributed by atoms with Crippen LogP contribution in [0.25, 0.3) is 0 Å². The predicted octanol–water partition coefficient (Wildman–Crippen LogP) is 5.69. The van der Waals surface area contributed by atoms with E-state index in [1.807, 2.05) is 0 Å². The van der Waals surface area contributed by atoms with E-state index < -0.39 is 10.4 Å². The molecule has 0 aromatic carbocycles. The number of rotatable bonds is 18. The zero-order valence-corrected chi connectivity index (χ0v) is 20.0. The van der Waals surface area contributed by atoms with Crippen LogP contribution in [0.15, 0.2) is 0 Å². The number of hydrogen-bond donors (Lipinski definition) is 1. The molecule has 0 atom stereocenters. The predicted molar refractivity (Wildman–Crippen MR) is 103 cm³/mol. The SMILES string of the molecule is CCCCCCCCCCCCCCCCCCOS(=O)(=O)O.[K]. The van der Waals surface area contributed by atoms with Crippen molar-refractivity contribution in [3.63, 3.8) is 0 Å². The Hall–Kier alpha value is 1.51. The average Bonchev–Trinajstić information content (AvgIpc) is 2.49. The standard InChI is InChI=1S/C18H38O4S.K/c1-2-3-4-5-6-7-8-9-10-11-12-13-14-15-16-17-18-22-23(19,20)21;/h2-18H2,1H3,(H,19,20,21);. The van der Waals surface area contributed by atoms with Gasteiger partial charge in [-0.05, 0) is 6.42 Å². The van der Waals surface area contributed by atoms with Gasteiger partial charge in [-0.1, -0.05) is 103 Å². The number of unbranched alkanes of at least 4 members (excludes halogenated alkanes) is 15. The van der Waals surface area contributed by atoms with Gasteiger partial charge in [-0.25, -0.2) is 4.18 Å². The Morgan fingerprint density at radius 2 is 0.917 bits per heavy atom. The molecule has 1 radical (unpaired) electrons. The van der Waals surface area contributed by atoms with Crippen molar-refractivity contribution in [1.29, 1.82) is 0 Å². The summed E-state index contributed by atoms with van der Waals surface area (Å²) in [7, 11) is -4.24. The van der Waals surface area contributed by atoms with Crippen LogP contribution >= 0.6 is 0 Å². The van der Waals surface area contributed by atoms with Gasteiger partial charge < -0.3 is 0 Å². The summed E-state index contributed by atoms with van der Waals surface area (Å²) in [6.07, 6.45) is 20.5. The summed E-state index contributed by atoms with van der Waals surface area (Å²) < 4.78 is 33.3. The van der Waals surface area contributed by atoms with Crippen LogP contribution in [-0.2, 0) is 14.6 Å². The van der Waals surface area contributed by atoms with Crippen molar-refractivity contribution in [2.24, 2.45) is 0 Å². The Balaban J connectivity index is 0. The van der Waals surface area contributed by atoms with E-state index in [0.717, 1.165) is 12.8 Å². The van der Waals surface area contributed by atoms with Gasteiger partial charge >= 0.3 is 10.4 Å². The molecule has 0 aromatic rings. The molecule has 6 heteroatoms. The second-order valence-corrected chi connectivity index (χ2v) is 7.64. The molecule has 141 valence electrons. The molecule has 0 spiro atoms. The smallest absolute Gasteiger partial charge is 0.264 e. The van der Waals surface area contributed by atoms with Crippen LogP contribution in [0.1, 0.15) is 110 Å². The molecule has 0 aliphatic rings. The van der Waals surface area contributed by atoms with Crippen LogP contribution in [0.4, 0.5) is 0 Å². The fourth-order valence-corrected chi connectivity index (χ4v) is 3.14. The minimum Gasteiger partial charge on any atom is -0.264 e. The van der Waals surface area contributed by atoms with E-state index in [0.29, 0.717) is 6.42 Å². The Labute approximate surface area is 193 Å². The molecular formula is C18H38KO4S. The monoisotopic (exact) mass is 389 g/mol. The second-order valence-electron chi connectivity index (χ2n) is 6.55. The van der Waals surface area contributed by atoms with E-state index in [9.17, 15) is 8.42 Å². The quantitative estimate of drug-likeness (QED) is 0.186. The Morgan fingerprint density at radius 1 is 0.625 bits per heavy atom. The van der Waals surface area contributed by atoms with Gasteiger partial charge in [-0.2, -0.15) is 8.42 Å². The van der Waals surface area contributed by atoms with Crippen molar-refractivity contribution < 1.29 is 17.2 Å². The summed E-state index contributed by atoms with van der Waals surface area (Å²) in [5, 5.41) is 0. The summed E-state index contributed by atoms with van der Waals surface area (Å²) in [5.74, 6) is 0. The molecule has 1 N–H and O–H groups in total. The largest absolute Gasteiger partial charge is 0.397 e. The second kappa shape index (κ2) is 20.8. The van der Waals surface area contributed by atoms with E-state index in [1.54, 1.807) is 0 Å². The maximum Gasteiger partial charge on any atom is 0.397 e. The zero-order chi connectivity index (χ0) is 17.2. The zero-order valence-electron chi connectivity index (χ0n) is 16.1. The van der Waals surface area contributed by atoms with Crippen LogP contribution in [0.5, 0.6) is 0 Å². The molecule has 0 heterocycles. The molecule has 0 saturated heterocycles. The van der Waals surface area contributed by atoms with Gasteiger partial charge in [0, 0.05) is 51.4 Å². The molecule has 0 aromatic heterocycles. The molecule has 0 aliphatic carbocycles. The van der Waals surface area contributed by atoms with Crippen molar-refractivity contribution in [3.8, 4) is 0 Å². The van der Waals surface area contributed by atoms with Gasteiger partial charge in [-0.3, -0.25) is 4.55 Å². The third kappa shape index (κ3) is 25.7. The maximum atomic E-state index is 10.3. The van der Waals surface area contributed by atoms with Crippen LogP contribution in [0.3, 0.4) is 0 Å². The first-order valence-corrected chi connectivity index (χ1v) is 11.0. The van der Waals surface area contributed by atoms with Crippen LogP contribution in [0.2, 0.25) is 0 Å². The van der Waals surface area contributed by atoms with Gasteiger partial charge in [0.15, 0.2) is 0 Å². The van der Waals surface area contributed by atoms with Gasteiger partial charge in [-0.15, -0.1) is 0 Å². The summed E-state index contributed by atoms with van der Waals surface area (Å²) in [6, 6.07) is 0. The first-order chi connectivity index (χ1) is 11.1. The van der Waals surface area contributed by atoms with E-state index >= 15 is 0 Å². The van der Waals surface area contributed by atoms with Gasteiger partial charge in [0.05, 0.1) is 6.61 Å². The van der Waals surface area contributed by atoms with Crippen molar-refractivity contribution in [1.82, 2.24) is 0 Å². The number of hydrogen-bond acceptors (Lipinski definition) is 3. The van der Waals surface area contributed by atoms with E-state index in [1.165, 1.54) is 83.5 Å². The summed E-state index contributed by atoms with van der Waals surface area (Å²) in [5.41, 5.74) is 0. The first-order valence-electron chi connectivity index (χ1n) is 9.68. The molecule has 0 rings (SSSR count). The molecule has 0 amide bonds. The minimum absolute atomic E-state index is 0. The van der Waals surface area contributed by atoms with Crippen molar-refractivity contribution >= 4 is 61.8 Å². The Kier molecular flexibility index (Phi) is 24.0. The fourth-order valence-electron chi connectivity index (χ4n) is 2.81. The summed E-state index contributed by atoms with van der Waals surface area (Å²) >= 11 is 0. The first kappa shape index (κ1) is 27.7. The van der Waals surface area contributed by atoms with Gasteiger partial charge in [0.2, 0.25) is 0 Å². The Bertz CT molecular complexity index is 334. The third-order valence-electron chi connectivity index (χ3n) is 4.23. The average molecular weight is 390 g/mol. The third-order valence-corrected chi connectivity index (χ3v) is 4.69. The van der Waals surface area contributed by atoms with E-state index in [2.05, 4.69) is 11.1 Å². The fraction of sp³-hybridized carbons (Fsp3) is 1.00. The minimum atomic E-state index is -4.24. The topological polar surface area (TPSA) is 63.6 Å². The summed E-state index contributed by atoms with van der Waals surface area (Å²) in [6.45, 7) is 2.36. The van der Waals surface area contributed by atoms with Crippen LogP contribution in [-0.4, -0.2) is 71.0 Å². The molecule has 0 aliphatic heterocycles. The molecule has 0 bridgehead atoms. The normalized spacial score (nSPS) is 11.4. The van der Waals surface area contributed by atoms with Crippen molar-refractivity contribution in [2.45, 2.75) is 110 Å². The molecule has 4 nitrogen and oxygen atoms in total. The molecule has 24 heavy (non-hydrogen) atoms. The molecular weight excluding hydrogens is 351 g/mol. The van der Waals surface area contributed by atoms with Crippen molar-refractivity contribution in [2.75, 3.05) is 6.61 Å². The van der Waals surface area contributed by atoms with Crippen LogP contribution in [0, 0.1) is 0 Å². The van der Waals surface area contributed by atoms with E-state index in [-0.39, 0.29) is 58.0 Å². The molecule has 0 fully saturated rings. The van der Waals surface area contributed by atoms with E-state index in [4.69, 9.17) is 4.55 Å². The molecule has 0 unspecified atom stereocenters. The van der Waals surface area contributed by atoms with Gasteiger partial charge in [0.25, 0.3) is 0 Å².